The largest absolute Gasteiger partial charge is 0.493 e. The van der Waals surface area contributed by atoms with Gasteiger partial charge in [0.25, 0.3) is 0 Å². The lowest BCUT2D eigenvalue weighted by molar-refractivity contribution is 0.355. The first-order chi connectivity index (χ1) is 8.71. The molecule has 6 heteroatoms. The highest BCUT2D eigenvalue weighted by Gasteiger charge is 2.13. The maximum atomic E-state index is 6.04. The Balaban J connectivity index is 2.54. The molecule has 0 bridgehead atoms. The van der Waals surface area contributed by atoms with Gasteiger partial charge in [-0.05, 0) is 23.7 Å². The highest BCUT2D eigenvalue weighted by molar-refractivity contribution is 6.28. The molecule has 0 N–H and O–H groups in total. The van der Waals surface area contributed by atoms with E-state index in [4.69, 9.17) is 21.1 Å². The molecule has 0 amide bonds. The number of halogens is 1. The predicted molar refractivity (Wildman–Crippen MR) is 68.9 cm³/mol. The van der Waals surface area contributed by atoms with E-state index in [2.05, 4.69) is 10.2 Å². The van der Waals surface area contributed by atoms with Crippen LogP contribution in [0.2, 0.25) is 5.28 Å². The van der Waals surface area contributed by atoms with Gasteiger partial charge in [0.05, 0.1) is 19.9 Å². The predicted octanol–water partition coefficient (Wildman–Crippen LogP) is 2.50. The van der Waals surface area contributed by atoms with Crippen LogP contribution in [0, 0.1) is 0 Å². The second-order valence-corrected chi connectivity index (χ2v) is 3.95. The normalized spacial score (nSPS) is 10.4. The molecular formula is C12H14ClN3O2. The van der Waals surface area contributed by atoms with Gasteiger partial charge in [-0.15, -0.1) is 10.2 Å². The summed E-state index contributed by atoms with van der Waals surface area (Å²) < 4.78 is 12.2. The van der Waals surface area contributed by atoms with Crippen LogP contribution in [0.3, 0.4) is 0 Å². The van der Waals surface area contributed by atoms with Gasteiger partial charge in [0.1, 0.15) is 5.82 Å². The summed E-state index contributed by atoms with van der Waals surface area (Å²) in [6.07, 6.45) is 0.744. The number of nitrogens with zero attached hydrogens (tertiary/aromatic N) is 3. The van der Waals surface area contributed by atoms with Crippen molar-refractivity contribution in [2.45, 2.75) is 13.3 Å². The maximum Gasteiger partial charge on any atom is 0.229 e. The van der Waals surface area contributed by atoms with Gasteiger partial charge in [0, 0.05) is 12.5 Å². The van der Waals surface area contributed by atoms with Crippen LogP contribution in [0.15, 0.2) is 18.2 Å². The Bertz CT molecular complexity index is 554. The summed E-state index contributed by atoms with van der Waals surface area (Å²) in [5, 5.41) is 8.22. The summed E-state index contributed by atoms with van der Waals surface area (Å²) in [5.41, 5.74) is 0.847. The van der Waals surface area contributed by atoms with E-state index in [-0.39, 0.29) is 0 Å². The van der Waals surface area contributed by atoms with Crippen molar-refractivity contribution in [2.24, 2.45) is 0 Å². The molecule has 0 aliphatic carbocycles. The van der Waals surface area contributed by atoms with Crippen LogP contribution in [-0.2, 0) is 6.42 Å². The van der Waals surface area contributed by atoms with E-state index in [9.17, 15) is 0 Å². The van der Waals surface area contributed by atoms with Gasteiger partial charge in [-0.25, -0.2) is 0 Å². The number of ether oxygens (including phenoxy) is 2. The number of benzene rings is 1. The third-order valence-electron chi connectivity index (χ3n) is 2.63. The van der Waals surface area contributed by atoms with Crippen LogP contribution in [0.1, 0.15) is 12.7 Å². The van der Waals surface area contributed by atoms with Crippen molar-refractivity contribution in [3.8, 4) is 17.2 Å². The molecule has 1 aromatic heterocycles. The molecule has 96 valence electrons. The van der Waals surface area contributed by atoms with E-state index >= 15 is 0 Å². The standard InChI is InChI=1S/C12H14ClN3O2/c1-4-11-14-15-12(13)16(11)8-5-6-9(17-2)10(7-8)18-3/h5-7H,4H2,1-3H3. The van der Waals surface area contributed by atoms with Crippen LogP contribution in [0.5, 0.6) is 11.5 Å². The Labute approximate surface area is 110 Å². The summed E-state index contributed by atoms with van der Waals surface area (Å²) in [5.74, 6) is 2.11. The van der Waals surface area contributed by atoms with Crippen molar-refractivity contribution in [3.63, 3.8) is 0 Å². The quantitative estimate of drug-likeness (QED) is 0.854. The van der Waals surface area contributed by atoms with Gasteiger partial charge in [0.2, 0.25) is 5.28 Å². The van der Waals surface area contributed by atoms with Gasteiger partial charge in [0.15, 0.2) is 11.5 Å². The molecule has 0 aliphatic rings. The first kappa shape index (κ1) is 12.7. The average molecular weight is 268 g/mol. The minimum atomic E-state index is 0.332. The van der Waals surface area contributed by atoms with Gasteiger partial charge >= 0.3 is 0 Å². The Morgan fingerprint density at radius 1 is 1.17 bits per heavy atom. The lowest BCUT2D eigenvalue weighted by Gasteiger charge is -2.11. The highest BCUT2D eigenvalue weighted by atomic mass is 35.5. The van der Waals surface area contributed by atoms with Crippen LogP contribution in [0.4, 0.5) is 0 Å². The fourth-order valence-electron chi connectivity index (χ4n) is 1.74. The minimum Gasteiger partial charge on any atom is -0.493 e. The zero-order chi connectivity index (χ0) is 13.1. The van der Waals surface area contributed by atoms with Crippen molar-refractivity contribution in [1.82, 2.24) is 14.8 Å². The molecule has 0 radical (unpaired) electrons. The third kappa shape index (κ3) is 2.13. The first-order valence-electron chi connectivity index (χ1n) is 5.53. The lowest BCUT2D eigenvalue weighted by Crippen LogP contribution is -2.01. The van der Waals surface area contributed by atoms with Crippen molar-refractivity contribution < 1.29 is 9.47 Å². The minimum absolute atomic E-state index is 0.332. The molecule has 2 aromatic rings. The first-order valence-corrected chi connectivity index (χ1v) is 5.91. The fourth-order valence-corrected chi connectivity index (χ4v) is 1.98. The van der Waals surface area contributed by atoms with E-state index in [0.717, 1.165) is 17.9 Å². The Morgan fingerprint density at radius 3 is 2.50 bits per heavy atom. The molecule has 0 fully saturated rings. The summed E-state index contributed by atoms with van der Waals surface area (Å²) in [4.78, 5) is 0. The van der Waals surface area contributed by atoms with Crippen LogP contribution >= 0.6 is 11.6 Å². The molecule has 0 unspecified atom stereocenters. The average Bonchev–Trinajstić information content (AvgIpc) is 2.79. The molecular weight excluding hydrogens is 254 g/mol. The molecule has 0 spiro atoms. The molecule has 0 saturated heterocycles. The molecule has 18 heavy (non-hydrogen) atoms. The summed E-state index contributed by atoms with van der Waals surface area (Å²) in [6.45, 7) is 2.00. The molecule has 0 aliphatic heterocycles. The molecule has 1 heterocycles. The Hall–Kier alpha value is -1.75. The van der Waals surface area contributed by atoms with E-state index in [0.29, 0.717) is 16.8 Å². The number of methoxy groups -OCH3 is 2. The van der Waals surface area contributed by atoms with Crippen molar-refractivity contribution in [2.75, 3.05) is 14.2 Å². The van der Waals surface area contributed by atoms with E-state index in [1.165, 1.54) is 0 Å². The van der Waals surface area contributed by atoms with Crippen LogP contribution in [-0.4, -0.2) is 29.0 Å². The zero-order valence-corrected chi connectivity index (χ0v) is 11.2. The number of rotatable bonds is 4. The van der Waals surface area contributed by atoms with Gasteiger partial charge < -0.3 is 9.47 Å². The highest BCUT2D eigenvalue weighted by Crippen LogP contribution is 2.30. The van der Waals surface area contributed by atoms with Crippen molar-refractivity contribution in [3.05, 3.63) is 29.3 Å². The van der Waals surface area contributed by atoms with Crippen LogP contribution < -0.4 is 9.47 Å². The summed E-state index contributed by atoms with van der Waals surface area (Å²) >= 11 is 6.04. The Kier molecular flexibility index (Phi) is 3.72. The second kappa shape index (κ2) is 5.27. The molecule has 0 atom stereocenters. The van der Waals surface area contributed by atoms with Gasteiger partial charge in [-0.3, -0.25) is 4.57 Å². The van der Waals surface area contributed by atoms with Crippen LogP contribution in [0.25, 0.3) is 5.69 Å². The number of aryl methyl sites for hydroxylation is 1. The topological polar surface area (TPSA) is 49.2 Å². The Morgan fingerprint density at radius 2 is 1.89 bits per heavy atom. The molecule has 2 rings (SSSR count). The lowest BCUT2D eigenvalue weighted by atomic mass is 10.2. The molecule has 0 saturated carbocycles. The molecule has 1 aromatic carbocycles. The van der Waals surface area contributed by atoms with E-state index in [1.807, 2.05) is 25.1 Å². The van der Waals surface area contributed by atoms with E-state index < -0.39 is 0 Å². The van der Waals surface area contributed by atoms with Crippen molar-refractivity contribution >= 4 is 11.6 Å². The van der Waals surface area contributed by atoms with E-state index in [1.54, 1.807) is 18.8 Å². The van der Waals surface area contributed by atoms with Crippen molar-refractivity contribution in [1.29, 1.82) is 0 Å². The monoisotopic (exact) mass is 267 g/mol. The SMILES string of the molecule is CCc1nnc(Cl)n1-c1ccc(OC)c(OC)c1. The molecule has 5 nitrogen and oxygen atoms in total. The maximum absolute atomic E-state index is 6.04. The summed E-state index contributed by atoms with van der Waals surface area (Å²) in [6, 6.07) is 5.55. The number of hydrogen-bond donors (Lipinski definition) is 0. The second-order valence-electron chi connectivity index (χ2n) is 3.61. The zero-order valence-electron chi connectivity index (χ0n) is 10.5. The third-order valence-corrected chi connectivity index (χ3v) is 2.88. The number of hydrogen-bond acceptors (Lipinski definition) is 4. The number of aromatic nitrogens is 3. The van der Waals surface area contributed by atoms with Gasteiger partial charge in [-0.1, -0.05) is 6.92 Å². The smallest absolute Gasteiger partial charge is 0.229 e. The summed E-state index contributed by atoms with van der Waals surface area (Å²) in [7, 11) is 3.19. The fraction of sp³-hybridized carbons (Fsp3) is 0.333. The van der Waals surface area contributed by atoms with Gasteiger partial charge in [-0.2, -0.15) is 0 Å².